The number of nitrogens with two attached hydrogens (primary N) is 1. The van der Waals surface area contributed by atoms with Crippen LogP contribution in [0.2, 0.25) is 0 Å². The van der Waals surface area contributed by atoms with Gasteiger partial charge in [0.15, 0.2) is 5.69 Å². The smallest absolute Gasteiger partial charge is 0.413 e. The second-order valence-corrected chi connectivity index (χ2v) is 7.34. The van der Waals surface area contributed by atoms with E-state index in [2.05, 4.69) is 20.3 Å². The van der Waals surface area contributed by atoms with Crippen LogP contribution in [-0.4, -0.2) is 38.7 Å². The molecule has 3 N–H and O–H groups in total. The van der Waals surface area contributed by atoms with Crippen molar-refractivity contribution in [2.45, 2.75) is 57.2 Å². The van der Waals surface area contributed by atoms with Gasteiger partial charge in [-0.2, -0.15) is 13.2 Å². The number of pyridine rings is 1. The number of hydrogen-bond donors (Lipinski definition) is 2. The molecule has 2 aliphatic rings. The highest BCUT2D eigenvalue weighted by atomic mass is 19.4. The molecule has 11 heteroatoms. The number of rotatable bonds is 0. The molecule has 1 saturated heterocycles. The third-order valence-corrected chi connectivity index (χ3v) is 5.43. The van der Waals surface area contributed by atoms with Crippen molar-refractivity contribution in [1.82, 2.24) is 15.2 Å². The summed E-state index contributed by atoms with van der Waals surface area (Å²) < 4.78 is 46.8. The van der Waals surface area contributed by atoms with E-state index in [1.165, 1.54) is 0 Å². The summed E-state index contributed by atoms with van der Waals surface area (Å²) >= 11 is 0. The molecule has 156 valence electrons. The normalized spacial score (nSPS) is 21.8. The van der Waals surface area contributed by atoms with Crippen molar-refractivity contribution in [2.75, 3.05) is 17.2 Å². The zero-order valence-corrected chi connectivity index (χ0v) is 15.6. The Bertz CT molecular complexity index is 927. The van der Waals surface area contributed by atoms with E-state index in [9.17, 15) is 18.4 Å². The lowest BCUT2D eigenvalue weighted by Gasteiger charge is -2.29. The first-order valence-corrected chi connectivity index (χ1v) is 9.58. The molecule has 29 heavy (non-hydrogen) atoms. The summed E-state index contributed by atoms with van der Waals surface area (Å²) in [6, 6.07) is 0.858. The van der Waals surface area contributed by atoms with E-state index >= 15 is 0 Å². The first-order valence-electron chi connectivity index (χ1n) is 9.58. The van der Waals surface area contributed by atoms with Crippen molar-refractivity contribution in [3.8, 4) is 11.6 Å². The van der Waals surface area contributed by atoms with Gasteiger partial charge >= 0.3 is 6.18 Å². The third kappa shape index (κ3) is 3.73. The zero-order valence-electron chi connectivity index (χ0n) is 15.6. The van der Waals surface area contributed by atoms with Crippen LogP contribution in [0.5, 0.6) is 0 Å². The van der Waals surface area contributed by atoms with E-state index in [0.29, 0.717) is 13.0 Å². The quantitative estimate of drug-likeness (QED) is 0.501. The van der Waals surface area contributed by atoms with E-state index in [1.807, 2.05) is 0 Å². The number of halogens is 3. The topological polar surface area (TPSA) is 114 Å². The summed E-state index contributed by atoms with van der Waals surface area (Å²) in [5.74, 6) is -0.264. The minimum atomic E-state index is -4.59. The van der Waals surface area contributed by atoms with Crippen LogP contribution >= 0.6 is 0 Å². The molecular formula is C18H21F3N6O2. The second-order valence-electron chi connectivity index (χ2n) is 7.34. The number of oxime groups is 1. The molecule has 2 aromatic heterocycles. The lowest BCUT2D eigenvalue weighted by atomic mass is 10.0. The summed E-state index contributed by atoms with van der Waals surface area (Å²) in [5.41, 5.74) is 5.03. The van der Waals surface area contributed by atoms with Gasteiger partial charge in [-0.3, -0.25) is 0 Å². The molecule has 2 aromatic rings. The Labute approximate surface area is 164 Å². The predicted molar refractivity (Wildman–Crippen MR) is 98.7 cm³/mol. The fourth-order valence-corrected chi connectivity index (χ4v) is 4.02. The first-order chi connectivity index (χ1) is 13.9. The summed E-state index contributed by atoms with van der Waals surface area (Å²) in [7, 11) is 0. The Morgan fingerprint density at radius 3 is 2.66 bits per heavy atom. The van der Waals surface area contributed by atoms with E-state index in [4.69, 9.17) is 10.2 Å². The van der Waals surface area contributed by atoms with E-state index in [1.54, 1.807) is 4.90 Å². The van der Waals surface area contributed by atoms with Crippen molar-refractivity contribution < 1.29 is 22.8 Å². The lowest BCUT2D eigenvalue weighted by molar-refractivity contribution is -0.137. The number of hydrogen-bond acceptors (Lipinski definition) is 8. The summed E-state index contributed by atoms with van der Waals surface area (Å²) in [5, 5.41) is 20.2. The minimum absolute atomic E-state index is 0.00116. The lowest BCUT2D eigenvalue weighted by Crippen LogP contribution is -2.32. The number of nitrogen functional groups attached to an aromatic ring is 1. The summed E-state index contributed by atoms with van der Waals surface area (Å²) in [6.07, 6.45) is 0.668. The maximum Gasteiger partial charge on any atom is 0.420 e. The van der Waals surface area contributed by atoms with Crippen molar-refractivity contribution in [3.05, 3.63) is 17.5 Å². The highest BCUT2D eigenvalue weighted by molar-refractivity contribution is 5.96. The number of anilines is 2. The summed E-state index contributed by atoms with van der Waals surface area (Å²) in [4.78, 5) is 5.98. The fraction of sp³-hybridized carbons (Fsp3) is 0.556. The van der Waals surface area contributed by atoms with Gasteiger partial charge < -0.3 is 20.3 Å². The van der Waals surface area contributed by atoms with E-state index in [0.717, 1.165) is 44.6 Å². The van der Waals surface area contributed by atoms with Crippen molar-refractivity contribution in [2.24, 2.45) is 5.16 Å². The van der Waals surface area contributed by atoms with Crippen LogP contribution in [0.1, 0.15) is 56.4 Å². The van der Waals surface area contributed by atoms with Crippen LogP contribution in [0.15, 0.2) is 15.6 Å². The zero-order chi connectivity index (χ0) is 20.6. The van der Waals surface area contributed by atoms with Gasteiger partial charge in [0, 0.05) is 12.6 Å². The van der Waals surface area contributed by atoms with Crippen LogP contribution < -0.4 is 10.6 Å². The van der Waals surface area contributed by atoms with Gasteiger partial charge in [0.1, 0.15) is 17.1 Å². The molecule has 2 aliphatic heterocycles. The third-order valence-electron chi connectivity index (χ3n) is 5.43. The second kappa shape index (κ2) is 7.53. The Kier molecular flexibility index (Phi) is 5.05. The highest BCUT2D eigenvalue weighted by Crippen LogP contribution is 2.42. The molecule has 8 nitrogen and oxygen atoms in total. The minimum Gasteiger partial charge on any atom is -0.413 e. The number of aromatic nitrogens is 3. The molecule has 1 atom stereocenters. The van der Waals surface area contributed by atoms with Crippen LogP contribution in [0.3, 0.4) is 0 Å². The molecule has 0 saturated carbocycles. The van der Waals surface area contributed by atoms with Crippen LogP contribution in [0.25, 0.3) is 11.6 Å². The van der Waals surface area contributed by atoms with Crippen LogP contribution in [0.4, 0.5) is 24.7 Å². The van der Waals surface area contributed by atoms with E-state index < -0.39 is 11.7 Å². The monoisotopic (exact) mass is 410 g/mol. The van der Waals surface area contributed by atoms with Gasteiger partial charge in [-0.25, -0.2) is 4.98 Å². The van der Waals surface area contributed by atoms with Crippen LogP contribution in [0, 0.1) is 0 Å². The SMILES string of the molecule is Nc1cc(C(F)(F)F)c2nc1-c1nnc(o1)C(=NO)CCCCC[C@@H]1CCCN21. The van der Waals surface area contributed by atoms with Gasteiger partial charge in [-0.15, -0.1) is 10.2 Å². The summed E-state index contributed by atoms with van der Waals surface area (Å²) in [6.45, 7) is 0.501. The average molecular weight is 410 g/mol. The Hall–Kier alpha value is -2.85. The molecule has 0 amide bonds. The number of nitrogens with zero attached hydrogens (tertiary/aromatic N) is 5. The molecule has 4 rings (SSSR count). The molecule has 4 bridgehead atoms. The molecule has 0 spiro atoms. The maximum absolute atomic E-state index is 13.7. The first kappa shape index (κ1) is 19.5. The van der Waals surface area contributed by atoms with Crippen molar-refractivity contribution in [1.29, 1.82) is 0 Å². The standard InChI is InChI=1S/C18H21F3N6O2/c19-18(20,21)11-9-12(22)14-17-25-24-16(29-17)13(26-28)7-3-1-2-5-10-6-4-8-27(10)15(11)23-14/h9-10,28H,1-8,22H2/t10-/m1/s1. The van der Waals surface area contributed by atoms with Gasteiger partial charge in [-0.05, 0) is 38.2 Å². The Balaban J connectivity index is 1.88. The van der Waals surface area contributed by atoms with Gasteiger partial charge in [0.05, 0.1) is 5.69 Å². The van der Waals surface area contributed by atoms with Crippen molar-refractivity contribution >= 4 is 17.2 Å². The highest BCUT2D eigenvalue weighted by Gasteiger charge is 2.40. The van der Waals surface area contributed by atoms with Crippen LogP contribution in [-0.2, 0) is 6.18 Å². The van der Waals surface area contributed by atoms with Gasteiger partial charge in [0.2, 0.25) is 0 Å². The van der Waals surface area contributed by atoms with E-state index in [-0.39, 0.29) is 40.7 Å². The molecule has 0 aliphatic carbocycles. The molecular weight excluding hydrogens is 389 g/mol. The fourth-order valence-electron chi connectivity index (χ4n) is 4.02. The molecule has 0 aromatic carbocycles. The molecule has 1 fully saturated rings. The van der Waals surface area contributed by atoms with Crippen molar-refractivity contribution in [3.63, 3.8) is 0 Å². The molecule has 0 radical (unpaired) electrons. The molecule has 0 unspecified atom stereocenters. The largest absolute Gasteiger partial charge is 0.420 e. The van der Waals surface area contributed by atoms with Gasteiger partial charge in [0.25, 0.3) is 11.8 Å². The predicted octanol–water partition coefficient (Wildman–Crippen LogP) is 3.84. The Morgan fingerprint density at radius 1 is 1.14 bits per heavy atom. The average Bonchev–Trinajstić information content (AvgIpc) is 3.33. The number of fused-ring (bicyclic) bond motifs is 7. The Morgan fingerprint density at radius 2 is 1.90 bits per heavy atom. The van der Waals surface area contributed by atoms with Gasteiger partial charge in [-0.1, -0.05) is 18.0 Å². The number of alkyl halides is 3. The molecule has 4 heterocycles. The maximum atomic E-state index is 13.7.